The number of carbonyl (C=O) groups is 1. The maximum absolute atomic E-state index is 13.5. The van der Waals surface area contributed by atoms with Crippen molar-refractivity contribution in [3.8, 4) is 0 Å². The van der Waals surface area contributed by atoms with Gasteiger partial charge in [-0.1, -0.05) is 12.8 Å². The molecule has 0 aromatic heterocycles. The molecular weight excluding hydrogens is 387 g/mol. The lowest BCUT2D eigenvalue weighted by Gasteiger charge is -2.31. The van der Waals surface area contributed by atoms with E-state index in [0.29, 0.717) is 0 Å². The summed E-state index contributed by atoms with van der Waals surface area (Å²) < 4.78 is 119. The van der Waals surface area contributed by atoms with Crippen LogP contribution in [0.15, 0.2) is 0 Å². The molecule has 0 aliphatic carbocycles. The molecule has 0 saturated carbocycles. The highest BCUT2D eigenvalue weighted by Gasteiger charge is 2.73. The van der Waals surface area contributed by atoms with Gasteiger partial charge in [-0.2, -0.15) is 39.5 Å². The van der Waals surface area contributed by atoms with Crippen LogP contribution in [0.1, 0.15) is 51.4 Å². The molecular formula is C14H19F9O3. The summed E-state index contributed by atoms with van der Waals surface area (Å²) in [5, 5.41) is 8.38. The molecule has 0 spiro atoms. The highest BCUT2D eigenvalue weighted by atomic mass is 19.4. The summed E-state index contributed by atoms with van der Waals surface area (Å²) in [6.07, 6.45) is -15.9. The monoisotopic (exact) mass is 406 g/mol. The van der Waals surface area contributed by atoms with Gasteiger partial charge in [-0.25, -0.2) is 0 Å². The Bertz CT molecular complexity index is 436. The van der Waals surface area contributed by atoms with E-state index < -0.39 is 68.8 Å². The molecule has 12 heteroatoms. The predicted molar refractivity (Wildman–Crippen MR) is 71.0 cm³/mol. The van der Waals surface area contributed by atoms with E-state index in [1.165, 1.54) is 0 Å². The van der Waals surface area contributed by atoms with Gasteiger partial charge in [0.2, 0.25) is 0 Å². The second kappa shape index (κ2) is 9.65. The van der Waals surface area contributed by atoms with Crippen LogP contribution in [0.25, 0.3) is 0 Å². The molecule has 26 heavy (non-hydrogen) atoms. The van der Waals surface area contributed by atoms with Crippen LogP contribution in [0.5, 0.6) is 0 Å². The summed E-state index contributed by atoms with van der Waals surface area (Å²) in [7, 11) is 0. The lowest BCUT2D eigenvalue weighted by molar-refractivity contribution is -0.385. The van der Waals surface area contributed by atoms with E-state index in [2.05, 4.69) is 4.74 Å². The average molecular weight is 406 g/mol. The van der Waals surface area contributed by atoms with Crippen molar-refractivity contribution in [1.82, 2.24) is 0 Å². The number of halogens is 9. The van der Waals surface area contributed by atoms with Crippen LogP contribution in [-0.4, -0.2) is 41.8 Å². The van der Waals surface area contributed by atoms with Gasteiger partial charge in [0.05, 0.1) is 0 Å². The van der Waals surface area contributed by atoms with Crippen molar-refractivity contribution < 1.29 is 54.2 Å². The topological polar surface area (TPSA) is 46.5 Å². The van der Waals surface area contributed by atoms with Gasteiger partial charge >= 0.3 is 30.1 Å². The lowest BCUT2D eigenvalue weighted by Crippen LogP contribution is -2.56. The third-order valence-electron chi connectivity index (χ3n) is 3.31. The first-order valence-corrected chi connectivity index (χ1v) is 7.69. The van der Waals surface area contributed by atoms with Crippen LogP contribution < -0.4 is 0 Å². The molecule has 0 aromatic rings. The van der Waals surface area contributed by atoms with Crippen LogP contribution >= 0.6 is 0 Å². The third kappa shape index (κ3) is 8.00. The van der Waals surface area contributed by atoms with Crippen molar-refractivity contribution in [2.75, 3.05) is 6.61 Å². The van der Waals surface area contributed by atoms with Crippen molar-refractivity contribution in [3.05, 3.63) is 0 Å². The van der Waals surface area contributed by atoms with Crippen molar-refractivity contribution in [2.45, 2.75) is 75.5 Å². The number of hydrogen-bond acceptors (Lipinski definition) is 3. The molecule has 0 heterocycles. The summed E-state index contributed by atoms with van der Waals surface area (Å²) in [6, 6.07) is 0. The second-order valence-electron chi connectivity index (χ2n) is 5.63. The second-order valence-corrected chi connectivity index (χ2v) is 5.63. The summed E-state index contributed by atoms with van der Waals surface area (Å²) in [4.78, 5) is 10.9. The zero-order valence-electron chi connectivity index (χ0n) is 13.5. The minimum absolute atomic E-state index is 0.187. The fourth-order valence-corrected chi connectivity index (χ4v) is 1.88. The molecule has 3 nitrogen and oxygen atoms in total. The van der Waals surface area contributed by atoms with Crippen molar-refractivity contribution >= 4 is 5.97 Å². The molecule has 0 unspecified atom stereocenters. The molecule has 1 N–H and O–H groups in total. The summed E-state index contributed by atoms with van der Waals surface area (Å²) in [5.41, 5.74) is 0. The minimum Gasteiger partial charge on any atom is -0.396 e. The average Bonchev–Trinajstić information content (AvgIpc) is 2.46. The summed E-state index contributed by atoms with van der Waals surface area (Å²) in [5.74, 6) is -13.1. The Kier molecular flexibility index (Phi) is 9.21. The largest absolute Gasteiger partial charge is 0.472 e. The number of ether oxygens (including phenoxy) is 1. The van der Waals surface area contributed by atoms with Gasteiger partial charge in [0, 0.05) is 25.9 Å². The van der Waals surface area contributed by atoms with Crippen LogP contribution in [0.4, 0.5) is 39.5 Å². The minimum atomic E-state index is -6.00. The molecule has 0 bridgehead atoms. The number of aliphatic hydroxyl groups is 1. The highest BCUT2D eigenvalue weighted by molar-refractivity contribution is 5.69. The fraction of sp³-hybridized carbons (Fsp3) is 0.929. The Hall–Kier alpha value is -1.20. The molecule has 0 saturated heterocycles. The Labute approximate surface area is 143 Å². The van der Waals surface area contributed by atoms with E-state index >= 15 is 0 Å². The highest BCUT2D eigenvalue weighted by Crippen LogP contribution is 2.48. The Morgan fingerprint density at radius 1 is 0.769 bits per heavy atom. The van der Waals surface area contributed by atoms with Crippen LogP contribution in [-0.2, 0) is 9.53 Å². The summed E-state index contributed by atoms with van der Waals surface area (Å²) >= 11 is 0. The number of aliphatic hydroxyl groups excluding tert-OH is 1. The first-order valence-electron chi connectivity index (χ1n) is 7.69. The van der Waals surface area contributed by atoms with Gasteiger partial charge in [-0.3, -0.25) is 4.79 Å². The van der Waals surface area contributed by atoms with Crippen LogP contribution in [0, 0.1) is 0 Å². The first kappa shape index (κ1) is 24.8. The number of carbonyl (C=O) groups excluding carboxylic acids is 1. The van der Waals surface area contributed by atoms with E-state index in [1.807, 2.05) is 0 Å². The van der Waals surface area contributed by atoms with E-state index in [9.17, 15) is 44.3 Å². The molecule has 156 valence electrons. The van der Waals surface area contributed by atoms with Crippen molar-refractivity contribution in [3.63, 3.8) is 0 Å². The molecule has 0 radical (unpaired) electrons. The van der Waals surface area contributed by atoms with E-state index in [1.54, 1.807) is 0 Å². The molecule has 0 rings (SSSR count). The third-order valence-corrected chi connectivity index (χ3v) is 3.31. The van der Waals surface area contributed by atoms with Crippen molar-refractivity contribution in [1.29, 1.82) is 0 Å². The number of alkyl halides is 9. The van der Waals surface area contributed by atoms with E-state index in [-0.39, 0.29) is 19.3 Å². The smallest absolute Gasteiger partial charge is 0.396 e. The number of unbranched alkanes of at least 4 members (excludes halogenated alkanes) is 3. The van der Waals surface area contributed by atoms with Gasteiger partial charge in [0.15, 0.2) is 0 Å². The Balaban J connectivity index is 4.59. The zero-order chi connectivity index (χ0) is 20.6. The summed E-state index contributed by atoms with van der Waals surface area (Å²) in [6.45, 7) is -0.623. The van der Waals surface area contributed by atoms with Crippen LogP contribution in [0.3, 0.4) is 0 Å². The van der Waals surface area contributed by atoms with E-state index in [0.717, 1.165) is 0 Å². The lowest BCUT2D eigenvalue weighted by atomic mass is 10.0. The maximum atomic E-state index is 13.5. The Morgan fingerprint density at radius 3 is 1.73 bits per heavy atom. The number of esters is 1. The quantitative estimate of drug-likeness (QED) is 0.280. The van der Waals surface area contributed by atoms with Gasteiger partial charge in [-0.05, 0) is 19.3 Å². The van der Waals surface area contributed by atoms with Crippen molar-refractivity contribution in [2.24, 2.45) is 0 Å². The SMILES string of the molecule is O=C(CCCO)OC(F)(F)C(F)(F)C(F)(F)CCCCCCC(F)(F)F. The number of rotatable bonds is 12. The molecule has 0 aliphatic heterocycles. The molecule has 0 aromatic carbocycles. The van der Waals surface area contributed by atoms with Gasteiger partial charge in [0.25, 0.3) is 0 Å². The van der Waals surface area contributed by atoms with Gasteiger partial charge < -0.3 is 9.84 Å². The normalized spacial score (nSPS) is 13.8. The van der Waals surface area contributed by atoms with E-state index in [4.69, 9.17) is 5.11 Å². The molecule has 0 amide bonds. The fourth-order valence-electron chi connectivity index (χ4n) is 1.88. The van der Waals surface area contributed by atoms with Gasteiger partial charge in [-0.15, -0.1) is 0 Å². The van der Waals surface area contributed by atoms with Gasteiger partial charge in [0.1, 0.15) is 0 Å². The maximum Gasteiger partial charge on any atom is 0.472 e. The zero-order valence-corrected chi connectivity index (χ0v) is 13.5. The molecule has 0 atom stereocenters. The molecule has 0 aliphatic rings. The number of hydrogen-bond donors (Lipinski definition) is 1. The predicted octanol–water partition coefficient (Wildman–Crippen LogP) is 5.07. The Morgan fingerprint density at radius 2 is 1.27 bits per heavy atom. The first-order chi connectivity index (χ1) is 11.7. The van der Waals surface area contributed by atoms with Crippen LogP contribution in [0.2, 0.25) is 0 Å². The standard InChI is InChI=1S/C14H19F9O3/c15-11(16,7-3-1-2-4-8-12(17,18)19)13(20,21)14(22,23)26-10(25)6-5-9-24/h24H,1-9H2. The molecule has 0 fully saturated rings.